The van der Waals surface area contributed by atoms with Crippen molar-refractivity contribution in [3.05, 3.63) is 17.7 Å². The van der Waals surface area contributed by atoms with E-state index in [9.17, 15) is 9.59 Å². The Kier molecular flexibility index (Phi) is 5.65. The van der Waals surface area contributed by atoms with Crippen molar-refractivity contribution in [3.63, 3.8) is 0 Å². The van der Waals surface area contributed by atoms with Gasteiger partial charge in [0.2, 0.25) is 5.91 Å². The summed E-state index contributed by atoms with van der Waals surface area (Å²) in [5.74, 6) is 2.45. The highest BCUT2D eigenvalue weighted by Gasteiger charge is 2.35. The van der Waals surface area contributed by atoms with E-state index < -0.39 is 6.09 Å². The summed E-state index contributed by atoms with van der Waals surface area (Å²) in [7, 11) is 4.71. The van der Waals surface area contributed by atoms with Crippen molar-refractivity contribution in [1.29, 1.82) is 0 Å². The predicted molar refractivity (Wildman–Crippen MR) is 95.9 cm³/mol. The number of hydrogen-bond acceptors (Lipinski definition) is 7. The molecule has 1 atom stereocenters. The van der Waals surface area contributed by atoms with Crippen LogP contribution in [-0.2, 0) is 9.53 Å². The van der Waals surface area contributed by atoms with E-state index in [1.807, 2.05) is 6.07 Å². The molecule has 0 aromatic heterocycles. The molecule has 26 heavy (non-hydrogen) atoms. The van der Waals surface area contributed by atoms with Crippen LogP contribution in [0.25, 0.3) is 0 Å². The van der Waals surface area contributed by atoms with Crippen molar-refractivity contribution in [2.45, 2.75) is 5.37 Å². The highest BCUT2D eigenvalue weighted by atomic mass is 32.2. The molecule has 0 spiro atoms. The number of methoxy groups -OCH3 is 3. The van der Waals surface area contributed by atoms with Crippen molar-refractivity contribution in [1.82, 2.24) is 9.80 Å². The number of nitrogens with zero attached hydrogens (tertiary/aromatic N) is 2. The van der Waals surface area contributed by atoms with Gasteiger partial charge in [-0.2, -0.15) is 0 Å². The van der Waals surface area contributed by atoms with Gasteiger partial charge >= 0.3 is 6.09 Å². The van der Waals surface area contributed by atoms with Crippen LogP contribution in [0.1, 0.15) is 10.9 Å². The van der Waals surface area contributed by atoms with E-state index in [0.717, 1.165) is 11.3 Å². The van der Waals surface area contributed by atoms with Crippen molar-refractivity contribution in [2.75, 3.05) is 53.3 Å². The van der Waals surface area contributed by atoms with Gasteiger partial charge in [-0.25, -0.2) is 4.79 Å². The van der Waals surface area contributed by atoms with Gasteiger partial charge in [0.05, 0.1) is 27.9 Å². The summed E-state index contributed by atoms with van der Waals surface area (Å²) < 4.78 is 21.1. The maximum absolute atomic E-state index is 12.8. The fourth-order valence-corrected chi connectivity index (χ4v) is 4.34. The molecule has 1 unspecified atom stereocenters. The Balaban J connectivity index is 1.85. The molecule has 9 heteroatoms. The number of thioether (sulfide) groups is 1. The minimum atomic E-state index is -0.439. The van der Waals surface area contributed by atoms with Gasteiger partial charge in [-0.3, -0.25) is 9.69 Å². The van der Waals surface area contributed by atoms with Gasteiger partial charge in [-0.1, -0.05) is 0 Å². The Bertz CT molecular complexity index is 698. The molecule has 0 N–H and O–H groups in total. The molecule has 3 rings (SSSR count). The summed E-state index contributed by atoms with van der Waals surface area (Å²) in [6.45, 7) is 1.39. The third-order valence-corrected chi connectivity index (χ3v) is 5.63. The van der Waals surface area contributed by atoms with Crippen molar-refractivity contribution >= 4 is 23.8 Å². The number of hydrogen-bond donors (Lipinski definition) is 0. The number of amides is 2. The molecule has 1 aromatic carbocycles. The van der Waals surface area contributed by atoms with Crippen LogP contribution >= 0.6 is 11.8 Å². The zero-order valence-corrected chi connectivity index (χ0v) is 15.8. The lowest BCUT2D eigenvalue weighted by molar-refractivity contribution is -0.131. The van der Waals surface area contributed by atoms with Gasteiger partial charge in [0.15, 0.2) is 11.5 Å². The Morgan fingerprint density at radius 2 is 1.85 bits per heavy atom. The van der Waals surface area contributed by atoms with Crippen LogP contribution in [0.4, 0.5) is 4.79 Å². The zero-order valence-electron chi connectivity index (χ0n) is 15.0. The number of carbonyl (C=O) groups is 2. The molecule has 8 nitrogen and oxygen atoms in total. The number of benzene rings is 1. The van der Waals surface area contributed by atoms with E-state index in [0.29, 0.717) is 36.9 Å². The fraction of sp³-hybridized carbons (Fsp3) is 0.529. The van der Waals surface area contributed by atoms with Crippen LogP contribution in [0.5, 0.6) is 17.2 Å². The summed E-state index contributed by atoms with van der Waals surface area (Å²) >= 11 is 1.65. The lowest BCUT2D eigenvalue weighted by atomic mass is 10.1. The predicted octanol–water partition coefficient (Wildman–Crippen LogP) is 1.74. The van der Waals surface area contributed by atoms with Crippen LogP contribution in [0.2, 0.25) is 0 Å². The second-order valence-corrected chi connectivity index (χ2v) is 6.98. The summed E-state index contributed by atoms with van der Waals surface area (Å²) in [5, 5.41) is -0.212. The molecule has 142 valence electrons. The van der Waals surface area contributed by atoms with E-state index in [1.54, 1.807) is 44.1 Å². The number of cyclic esters (lactones) is 1. The van der Waals surface area contributed by atoms with Gasteiger partial charge in [0, 0.05) is 23.9 Å². The summed E-state index contributed by atoms with van der Waals surface area (Å²) in [4.78, 5) is 27.6. The summed E-state index contributed by atoms with van der Waals surface area (Å²) in [6, 6.07) is 3.60. The standard InChI is InChI=1S/C17H22N2O6S/c1-22-12-9-14(24-3)13(23-2)8-11(12)16-19(5-7-26-16)15(20)10-18-4-6-25-17(18)21/h8-9,16H,4-7,10H2,1-3H3. The number of rotatable bonds is 6. The first kappa shape index (κ1) is 18.5. The normalized spacial score (nSPS) is 19.5. The van der Waals surface area contributed by atoms with Gasteiger partial charge < -0.3 is 23.8 Å². The summed E-state index contributed by atoms with van der Waals surface area (Å²) in [5.41, 5.74) is 0.838. The Morgan fingerprint density at radius 3 is 2.46 bits per heavy atom. The molecule has 0 radical (unpaired) electrons. The Labute approximate surface area is 156 Å². The van der Waals surface area contributed by atoms with Gasteiger partial charge in [-0.15, -0.1) is 11.8 Å². The lowest BCUT2D eigenvalue weighted by Crippen LogP contribution is -2.40. The largest absolute Gasteiger partial charge is 0.496 e. The maximum Gasteiger partial charge on any atom is 0.410 e. The molecule has 1 aromatic rings. The molecule has 2 heterocycles. The molecule has 2 fully saturated rings. The molecular weight excluding hydrogens is 360 g/mol. The summed E-state index contributed by atoms with van der Waals surface area (Å²) in [6.07, 6.45) is -0.439. The first-order valence-corrected chi connectivity index (χ1v) is 9.26. The van der Waals surface area contributed by atoms with E-state index in [4.69, 9.17) is 18.9 Å². The quantitative estimate of drug-likeness (QED) is 0.742. The first-order valence-electron chi connectivity index (χ1n) is 8.21. The maximum atomic E-state index is 12.8. The SMILES string of the molecule is COc1cc(OC)c(C2SCCN2C(=O)CN2CCOC2=O)cc1OC. The number of ether oxygens (including phenoxy) is 4. The van der Waals surface area contributed by atoms with E-state index >= 15 is 0 Å². The van der Waals surface area contributed by atoms with Gasteiger partial charge in [-0.05, 0) is 6.07 Å². The van der Waals surface area contributed by atoms with E-state index in [1.165, 1.54) is 4.90 Å². The Hall–Kier alpha value is -2.29. The van der Waals surface area contributed by atoms with Crippen LogP contribution in [0.3, 0.4) is 0 Å². The van der Waals surface area contributed by atoms with Crippen LogP contribution in [0, 0.1) is 0 Å². The Morgan fingerprint density at radius 1 is 1.15 bits per heavy atom. The van der Waals surface area contributed by atoms with E-state index in [2.05, 4.69) is 0 Å². The van der Waals surface area contributed by atoms with Crippen molar-refractivity contribution < 1.29 is 28.5 Å². The third-order valence-electron chi connectivity index (χ3n) is 4.38. The second kappa shape index (κ2) is 7.94. The van der Waals surface area contributed by atoms with Gasteiger partial charge in [0.25, 0.3) is 0 Å². The van der Waals surface area contributed by atoms with Crippen LogP contribution in [0.15, 0.2) is 12.1 Å². The molecule has 2 amide bonds. The lowest BCUT2D eigenvalue weighted by Gasteiger charge is -2.27. The van der Waals surface area contributed by atoms with Crippen molar-refractivity contribution in [3.8, 4) is 17.2 Å². The fourth-order valence-electron chi connectivity index (χ4n) is 3.05. The highest BCUT2D eigenvalue weighted by molar-refractivity contribution is 7.99. The molecular formula is C17H22N2O6S. The first-order chi connectivity index (χ1) is 12.6. The molecule has 2 aliphatic heterocycles. The van der Waals surface area contributed by atoms with Crippen LogP contribution < -0.4 is 14.2 Å². The number of carbonyl (C=O) groups excluding carboxylic acids is 2. The minimum Gasteiger partial charge on any atom is -0.496 e. The van der Waals surface area contributed by atoms with Gasteiger partial charge in [0.1, 0.15) is 24.3 Å². The average Bonchev–Trinajstić information content (AvgIpc) is 3.30. The average molecular weight is 382 g/mol. The highest BCUT2D eigenvalue weighted by Crippen LogP contribution is 2.46. The smallest absolute Gasteiger partial charge is 0.410 e. The second-order valence-electron chi connectivity index (χ2n) is 5.80. The molecule has 0 aliphatic carbocycles. The zero-order chi connectivity index (χ0) is 18.7. The van der Waals surface area contributed by atoms with Crippen molar-refractivity contribution in [2.24, 2.45) is 0 Å². The van der Waals surface area contributed by atoms with E-state index in [-0.39, 0.29) is 17.8 Å². The third kappa shape index (κ3) is 3.48. The molecule has 0 saturated carbocycles. The topological polar surface area (TPSA) is 77.5 Å². The molecule has 2 aliphatic rings. The molecule has 2 saturated heterocycles. The van der Waals surface area contributed by atoms with Crippen LogP contribution in [-0.4, -0.2) is 75.1 Å². The minimum absolute atomic E-state index is 0.0193. The monoisotopic (exact) mass is 382 g/mol. The molecule has 0 bridgehead atoms.